The Morgan fingerprint density at radius 3 is 2.47 bits per heavy atom. The second-order valence-corrected chi connectivity index (χ2v) is 4.28. The minimum Gasteiger partial charge on any atom is -0.481 e. The van der Waals surface area contributed by atoms with Gasteiger partial charge in [-0.25, -0.2) is 4.79 Å². The van der Waals surface area contributed by atoms with Crippen LogP contribution >= 0.6 is 0 Å². The molecule has 0 aromatic rings. The summed E-state index contributed by atoms with van der Waals surface area (Å²) in [6.45, 7) is 0.964. The number of carbonyl (C=O) groups excluding carboxylic acids is 1. The smallest absolute Gasteiger partial charge is 0.315 e. The highest BCUT2D eigenvalue weighted by molar-refractivity contribution is 5.74. The van der Waals surface area contributed by atoms with Crippen LogP contribution in [0.3, 0.4) is 0 Å². The van der Waals surface area contributed by atoms with Gasteiger partial charge in [0.2, 0.25) is 0 Å². The third-order valence-corrected chi connectivity index (χ3v) is 3.00. The Balaban J connectivity index is 2.17. The van der Waals surface area contributed by atoms with Crippen molar-refractivity contribution < 1.29 is 19.4 Å². The monoisotopic (exact) mass is 244 g/mol. The van der Waals surface area contributed by atoms with E-state index in [-0.39, 0.29) is 18.0 Å². The quantitative estimate of drug-likeness (QED) is 0.617. The molecule has 2 amide bonds. The molecule has 3 N–H and O–H groups in total. The molecule has 0 aromatic carbocycles. The molecule has 1 fully saturated rings. The Kier molecular flexibility index (Phi) is 5.76. The fourth-order valence-corrected chi connectivity index (χ4v) is 1.99. The van der Waals surface area contributed by atoms with Crippen LogP contribution in [0.4, 0.5) is 4.79 Å². The van der Waals surface area contributed by atoms with Crippen molar-refractivity contribution in [1.29, 1.82) is 0 Å². The first-order valence-electron chi connectivity index (χ1n) is 5.89. The summed E-state index contributed by atoms with van der Waals surface area (Å²) >= 11 is 0. The predicted octanol–water partition coefficient (Wildman–Crippen LogP) is 0.575. The number of carboxylic acids is 1. The average molecular weight is 244 g/mol. The van der Waals surface area contributed by atoms with Crippen LogP contribution in [0.15, 0.2) is 0 Å². The topological polar surface area (TPSA) is 87.7 Å². The maximum atomic E-state index is 11.4. The van der Waals surface area contributed by atoms with Gasteiger partial charge in [0.05, 0.1) is 12.5 Å². The van der Waals surface area contributed by atoms with E-state index in [0.29, 0.717) is 26.0 Å². The lowest BCUT2D eigenvalue weighted by atomic mass is 9.86. The lowest BCUT2D eigenvalue weighted by Gasteiger charge is -2.26. The summed E-state index contributed by atoms with van der Waals surface area (Å²) in [5.74, 6) is -0.974. The third-order valence-electron chi connectivity index (χ3n) is 3.00. The highest BCUT2D eigenvalue weighted by atomic mass is 16.5. The zero-order valence-electron chi connectivity index (χ0n) is 10.1. The van der Waals surface area contributed by atoms with Gasteiger partial charge in [-0.05, 0) is 25.7 Å². The van der Waals surface area contributed by atoms with Gasteiger partial charge in [0.1, 0.15) is 0 Å². The highest BCUT2D eigenvalue weighted by Gasteiger charge is 2.26. The molecule has 0 atom stereocenters. The maximum absolute atomic E-state index is 11.4. The predicted molar refractivity (Wildman–Crippen MR) is 61.8 cm³/mol. The van der Waals surface area contributed by atoms with Gasteiger partial charge in [0, 0.05) is 19.7 Å². The number of nitrogens with one attached hydrogen (secondary N) is 2. The number of hydrogen-bond donors (Lipinski definition) is 3. The number of aliphatic carboxylic acids is 1. The molecule has 0 bridgehead atoms. The number of amides is 2. The molecule has 0 saturated heterocycles. The Labute approximate surface area is 101 Å². The molecule has 0 aromatic heterocycles. The highest BCUT2D eigenvalue weighted by Crippen LogP contribution is 2.24. The van der Waals surface area contributed by atoms with E-state index in [0.717, 1.165) is 12.8 Å². The molecule has 6 nitrogen and oxygen atoms in total. The molecule has 17 heavy (non-hydrogen) atoms. The Morgan fingerprint density at radius 1 is 1.29 bits per heavy atom. The first-order chi connectivity index (χ1) is 8.13. The molecule has 1 saturated carbocycles. The van der Waals surface area contributed by atoms with Crippen LogP contribution in [0.2, 0.25) is 0 Å². The van der Waals surface area contributed by atoms with Crippen molar-refractivity contribution in [3.05, 3.63) is 0 Å². The van der Waals surface area contributed by atoms with E-state index in [1.807, 2.05) is 0 Å². The number of hydrogen-bond acceptors (Lipinski definition) is 3. The third kappa shape index (κ3) is 5.04. The summed E-state index contributed by atoms with van der Waals surface area (Å²) in [7, 11) is 1.58. The van der Waals surface area contributed by atoms with Gasteiger partial charge in [-0.3, -0.25) is 4.79 Å². The summed E-state index contributed by atoms with van der Waals surface area (Å²) in [5.41, 5.74) is 0. The number of carboxylic acid groups (broad SMARTS) is 1. The number of urea groups is 1. The van der Waals surface area contributed by atoms with E-state index in [1.165, 1.54) is 0 Å². The van der Waals surface area contributed by atoms with Crippen LogP contribution < -0.4 is 10.6 Å². The molecule has 0 aliphatic heterocycles. The molecule has 1 aliphatic carbocycles. The summed E-state index contributed by atoms with van der Waals surface area (Å²) in [5, 5.41) is 14.3. The normalized spacial score (nSPS) is 24.1. The van der Waals surface area contributed by atoms with Crippen LogP contribution in [0.25, 0.3) is 0 Å². The average Bonchev–Trinajstić information content (AvgIpc) is 2.30. The Morgan fingerprint density at radius 2 is 1.94 bits per heavy atom. The fraction of sp³-hybridized carbons (Fsp3) is 0.818. The van der Waals surface area contributed by atoms with Crippen LogP contribution in [0.5, 0.6) is 0 Å². The second kappa shape index (κ2) is 7.11. The standard InChI is InChI=1S/C11H20N2O4/c1-17-7-6-12-11(16)13-9-4-2-8(3-5-9)10(14)15/h8-9H,2-7H2,1H3,(H,14,15)(H2,12,13,16). The first-order valence-corrected chi connectivity index (χ1v) is 5.89. The summed E-state index contributed by atoms with van der Waals surface area (Å²) < 4.78 is 4.81. The summed E-state index contributed by atoms with van der Waals surface area (Å²) in [6, 6.07) is -0.117. The van der Waals surface area contributed by atoms with E-state index < -0.39 is 5.97 Å². The minimum absolute atomic E-state index is 0.0909. The molecule has 0 radical (unpaired) electrons. The molecule has 0 spiro atoms. The van der Waals surface area contributed by atoms with Gasteiger partial charge >= 0.3 is 12.0 Å². The largest absolute Gasteiger partial charge is 0.481 e. The van der Waals surface area contributed by atoms with Crippen molar-refractivity contribution in [2.24, 2.45) is 5.92 Å². The van der Waals surface area contributed by atoms with E-state index in [9.17, 15) is 9.59 Å². The number of ether oxygens (including phenoxy) is 1. The number of rotatable bonds is 5. The van der Waals surface area contributed by atoms with Gasteiger partial charge in [-0.2, -0.15) is 0 Å². The van der Waals surface area contributed by atoms with Gasteiger partial charge in [-0.1, -0.05) is 0 Å². The minimum atomic E-state index is -0.729. The van der Waals surface area contributed by atoms with E-state index in [2.05, 4.69) is 10.6 Å². The zero-order valence-corrected chi connectivity index (χ0v) is 10.1. The molecular formula is C11H20N2O4. The Hall–Kier alpha value is -1.30. The maximum Gasteiger partial charge on any atom is 0.315 e. The molecule has 0 heterocycles. The molecule has 98 valence electrons. The second-order valence-electron chi connectivity index (χ2n) is 4.28. The van der Waals surface area contributed by atoms with E-state index in [1.54, 1.807) is 7.11 Å². The molecule has 0 unspecified atom stereocenters. The Bertz CT molecular complexity index is 262. The van der Waals surface area contributed by atoms with Crippen molar-refractivity contribution >= 4 is 12.0 Å². The van der Waals surface area contributed by atoms with Crippen molar-refractivity contribution in [2.75, 3.05) is 20.3 Å². The fourth-order valence-electron chi connectivity index (χ4n) is 1.99. The molecule has 6 heteroatoms. The van der Waals surface area contributed by atoms with Crippen molar-refractivity contribution in [2.45, 2.75) is 31.7 Å². The lowest BCUT2D eigenvalue weighted by Crippen LogP contribution is -2.44. The van der Waals surface area contributed by atoms with Gasteiger partial charge in [-0.15, -0.1) is 0 Å². The van der Waals surface area contributed by atoms with E-state index >= 15 is 0 Å². The van der Waals surface area contributed by atoms with Gasteiger partial charge in [0.15, 0.2) is 0 Å². The summed E-state index contributed by atoms with van der Waals surface area (Å²) in [6.07, 6.45) is 2.74. The first kappa shape index (κ1) is 13.8. The van der Waals surface area contributed by atoms with Crippen molar-refractivity contribution in [3.63, 3.8) is 0 Å². The molecule has 1 aliphatic rings. The van der Waals surface area contributed by atoms with E-state index in [4.69, 9.17) is 9.84 Å². The van der Waals surface area contributed by atoms with Crippen LogP contribution in [-0.4, -0.2) is 43.4 Å². The number of carbonyl (C=O) groups is 2. The summed E-state index contributed by atoms with van der Waals surface area (Å²) in [4.78, 5) is 22.2. The zero-order chi connectivity index (χ0) is 12.7. The van der Waals surface area contributed by atoms with Gasteiger partial charge in [0.25, 0.3) is 0 Å². The van der Waals surface area contributed by atoms with Gasteiger partial charge < -0.3 is 20.5 Å². The molecular weight excluding hydrogens is 224 g/mol. The lowest BCUT2D eigenvalue weighted by molar-refractivity contribution is -0.142. The van der Waals surface area contributed by atoms with Crippen LogP contribution in [0.1, 0.15) is 25.7 Å². The SMILES string of the molecule is COCCNC(=O)NC1CCC(C(=O)O)CC1. The number of methoxy groups -OCH3 is 1. The molecule has 1 rings (SSSR count). The van der Waals surface area contributed by atoms with Crippen molar-refractivity contribution in [3.8, 4) is 0 Å². The van der Waals surface area contributed by atoms with Crippen LogP contribution in [-0.2, 0) is 9.53 Å². The van der Waals surface area contributed by atoms with Crippen molar-refractivity contribution in [1.82, 2.24) is 10.6 Å². The van der Waals surface area contributed by atoms with Crippen LogP contribution in [0, 0.1) is 5.92 Å².